The molecule has 0 fully saturated rings. The van der Waals surface area contributed by atoms with Gasteiger partial charge < -0.3 is 26.4 Å². The fourth-order valence-electron chi connectivity index (χ4n) is 4.41. The van der Waals surface area contributed by atoms with Crippen LogP contribution in [0.5, 0.6) is 0 Å². The lowest BCUT2D eigenvalue weighted by atomic mass is 9.90. The van der Waals surface area contributed by atoms with E-state index in [1.54, 1.807) is 12.1 Å². The Morgan fingerprint density at radius 1 is 1.22 bits per heavy atom. The molecule has 0 saturated carbocycles. The standard InChI is InChI=1S/C24H22Cl2FN9/c1-24(11-36(2)12-30-24)23(20-10-31-35-34-20)33-15-5-16-21(32-14-3-4-19(27)17(25)6-14)13(8-28)9-29-22(16)18(26)7-15/h3-7,9-10,12,23,31,33-35H,11H2,1-2H3,(H,29,32)/t23-,24?/m1/s1. The van der Waals surface area contributed by atoms with Gasteiger partial charge in [0.1, 0.15) is 17.4 Å². The van der Waals surface area contributed by atoms with Crippen molar-refractivity contribution in [3.05, 3.63) is 69.9 Å². The Labute approximate surface area is 216 Å². The number of aliphatic imine (C=N–C) groups is 1. The second-order valence-electron chi connectivity index (χ2n) is 8.86. The number of likely N-dealkylation sites (N-methyl/N-ethyl adjacent to an activating group) is 1. The van der Waals surface area contributed by atoms with Crippen LogP contribution in [-0.4, -0.2) is 41.4 Å². The first-order chi connectivity index (χ1) is 17.3. The van der Waals surface area contributed by atoms with Crippen LogP contribution in [0.3, 0.4) is 0 Å². The predicted octanol–water partition coefficient (Wildman–Crippen LogP) is 4.26. The molecule has 9 nitrogen and oxygen atoms in total. The van der Waals surface area contributed by atoms with Crippen molar-refractivity contribution in [2.24, 2.45) is 4.99 Å². The second-order valence-corrected chi connectivity index (χ2v) is 9.67. The van der Waals surface area contributed by atoms with Crippen LogP contribution in [0.4, 0.5) is 21.5 Å². The number of hydrogen-bond donors (Lipinski definition) is 5. The lowest BCUT2D eigenvalue weighted by Gasteiger charge is -2.34. The van der Waals surface area contributed by atoms with E-state index >= 15 is 0 Å². The Bertz CT molecular complexity index is 1450. The van der Waals surface area contributed by atoms with Gasteiger partial charge in [0.15, 0.2) is 0 Å². The maximum atomic E-state index is 13.7. The fraction of sp³-hybridized carbons (Fsp3) is 0.208. The Morgan fingerprint density at radius 3 is 2.69 bits per heavy atom. The van der Waals surface area contributed by atoms with Crippen molar-refractivity contribution >= 4 is 57.5 Å². The number of nitrogens with one attached hydrogen (secondary N) is 5. The molecule has 184 valence electrons. The maximum absolute atomic E-state index is 13.7. The van der Waals surface area contributed by atoms with E-state index < -0.39 is 11.4 Å². The van der Waals surface area contributed by atoms with Gasteiger partial charge in [-0.1, -0.05) is 23.2 Å². The molecule has 2 atom stereocenters. The third-order valence-corrected chi connectivity index (χ3v) is 6.68. The lowest BCUT2D eigenvalue weighted by molar-refractivity contribution is 0.367. The van der Waals surface area contributed by atoms with Crippen LogP contribution in [0.25, 0.3) is 10.9 Å². The van der Waals surface area contributed by atoms with Gasteiger partial charge in [-0.2, -0.15) is 10.8 Å². The average Bonchev–Trinajstić information content (AvgIpc) is 3.50. The van der Waals surface area contributed by atoms with Gasteiger partial charge in [-0.25, -0.2) is 4.39 Å². The van der Waals surface area contributed by atoms with Crippen LogP contribution < -0.4 is 27.0 Å². The summed E-state index contributed by atoms with van der Waals surface area (Å²) in [6.45, 7) is 2.76. The van der Waals surface area contributed by atoms with E-state index in [0.29, 0.717) is 45.1 Å². The largest absolute Gasteiger partial charge is 0.374 e. The Morgan fingerprint density at radius 2 is 2.03 bits per heavy atom. The van der Waals surface area contributed by atoms with Crippen LogP contribution in [0.15, 0.2) is 53.4 Å². The molecule has 2 aliphatic rings. The third-order valence-electron chi connectivity index (χ3n) is 6.10. The van der Waals surface area contributed by atoms with Crippen molar-refractivity contribution in [2.45, 2.75) is 18.5 Å². The lowest BCUT2D eigenvalue weighted by Crippen LogP contribution is -2.50. The van der Waals surface area contributed by atoms with Gasteiger partial charge in [0.2, 0.25) is 0 Å². The number of fused-ring (bicyclic) bond motifs is 1. The molecule has 0 amide bonds. The highest BCUT2D eigenvalue weighted by atomic mass is 35.5. The molecule has 2 aliphatic heterocycles. The quantitative estimate of drug-likeness (QED) is 0.324. The van der Waals surface area contributed by atoms with Crippen LogP contribution in [0, 0.1) is 17.1 Å². The SMILES string of the molecule is CN1C=NC(C)([C@H](Nc2cc(Cl)c3ncc(C#N)c(Nc4ccc(F)c(Cl)c4)c3c2)C2=CNNN2)C1. The number of nitrogens with zero attached hydrogens (tertiary/aromatic N) is 4. The van der Waals surface area contributed by atoms with Gasteiger partial charge in [-0.3, -0.25) is 9.98 Å². The van der Waals surface area contributed by atoms with Crippen LogP contribution in [0.2, 0.25) is 10.0 Å². The number of nitriles is 1. The number of aromatic nitrogens is 1. The summed E-state index contributed by atoms with van der Waals surface area (Å²) in [7, 11) is 1.97. The van der Waals surface area contributed by atoms with Gasteiger partial charge in [0.25, 0.3) is 0 Å². The van der Waals surface area contributed by atoms with Crippen LogP contribution in [0.1, 0.15) is 12.5 Å². The van der Waals surface area contributed by atoms with Crippen molar-refractivity contribution in [3.8, 4) is 6.07 Å². The molecule has 36 heavy (non-hydrogen) atoms. The van der Waals surface area contributed by atoms with Crippen LogP contribution in [-0.2, 0) is 0 Å². The molecule has 1 aromatic heterocycles. The van der Waals surface area contributed by atoms with Gasteiger partial charge in [0, 0.05) is 42.8 Å². The number of anilines is 3. The monoisotopic (exact) mass is 525 g/mol. The Hall–Kier alpha value is -3.78. The molecule has 0 saturated heterocycles. The summed E-state index contributed by atoms with van der Waals surface area (Å²) in [5, 5.41) is 17.5. The zero-order valence-electron chi connectivity index (χ0n) is 19.3. The highest BCUT2D eigenvalue weighted by molar-refractivity contribution is 6.36. The summed E-state index contributed by atoms with van der Waals surface area (Å²) in [5.74, 6) is -0.532. The third kappa shape index (κ3) is 4.44. The first-order valence-corrected chi connectivity index (χ1v) is 11.8. The number of benzene rings is 2. The van der Waals surface area contributed by atoms with Crippen molar-refractivity contribution in [3.63, 3.8) is 0 Å². The smallest absolute Gasteiger partial charge is 0.141 e. The summed E-state index contributed by atoms with van der Waals surface area (Å²) in [5.41, 5.74) is 11.8. The molecule has 2 aromatic carbocycles. The maximum Gasteiger partial charge on any atom is 0.141 e. The first kappa shape index (κ1) is 23.9. The molecule has 0 spiro atoms. The Kier molecular flexibility index (Phi) is 6.22. The minimum atomic E-state index is -0.532. The molecular weight excluding hydrogens is 504 g/mol. The molecule has 3 aromatic rings. The highest BCUT2D eigenvalue weighted by Gasteiger charge is 2.41. The van der Waals surface area contributed by atoms with Gasteiger partial charge in [-0.05, 0) is 37.3 Å². The topological polar surface area (TPSA) is 112 Å². The minimum Gasteiger partial charge on any atom is -0.374 e. The summed E-state index contributed by atoms with van der Waals surface area (Å²) < 4.78 is 13.7. The second kappa shape index (κ2) is 9.35. The molecule has 5 N–H and O–H groups in total. The number of halogens is 3. The van der Waals surface area contributed by atoms with E-state index in [1.807, 2.05) is 30.6 Å². The summed E-state index contributed by atoms with van der Waals surface area (Å²) in [6, 6.07) is 9.82. The van der Waals surface area contributed by atoms with Crippen molar-refractivity contribution in [2.75, 3.05) is 24.2 Å². The molecule has 5 rings (SSSR count). The fourth-order valence-corrected chi connectivity index (χ4v) is 4.86. The zero-order valence-corrected chi connectivity index (χ0v) is 20.8. The number of hydrogen-bond acceptors (Lipinski definition) is 9. The van der Waals surface area contributed by atoms with Gasteiger partial charge in [-0.15, -0.1) is 0 Å². The van der Waals surface area contributed by atoms with E-state index in [9.17, 15) is 9.65 Å². The van der Waals surface area contributed by atoms with E-state index in [4.69, 9.17) is 28.2 Å². The molecule has 1 unspecified atom stereocenters. The van der Waals surface area contributed by atoms with Gasteiger partial charge >= 0.3 is 0 Å². The Balaban J connectivity index is 1.59. The average molecular weight is 526 g/mol. The van der Waals surface area contributed by atoms with Crippen LogP contribution >= 0.6 is 23.2 Å². The summed E-state index contributed by atoms with van der Waals surface area (Å²) in [4.78, 5) is 11.2. The predicted molar refractivity (Wildman–Crippen MR) is 141 cm³/mol. The van der Waals surface area contributed by atoms with E-state index in [-0.39, 0.29) is 11.1 Å². The normalized spacial score (nSPS) is 19.4. The molecule has 0 bridgehead atoms. The highest BCUT2D eigenvalue weighted by Crippen LogP contribution is 2.37. The molecule has 0 radical (unpaired) electrons. The van der Waals surface area contributed by atoms with Gasteiger partial charge in [0.05, 0.1) is 44.9 Å². The van der Waals surface area contributed by atoms with E-state index in [0.717, 1.165) is 5.70 Å². The number of rotatable bonds is 6. The summed E-state index contributed by atoms with van der Waals surface area (Å²) >= 11 is 12.6. The molecule has 3 heterocycles. The van der Waals surface area contributed by atoms with Crippen molar-refractivity contribution in [1.82, 2.24) is 26.3 Å². The van der Waals surface area contributed by atoms with E-state index in [1.165, 1.54) is 18.3 Å². The first-order valence-electron chi connectivity index (χ1n) is 11.0. The molecule has 12 heteroatoms. The zero-order chi connectivity index (χ0) is 25.4. The molecule has 0 aliphatic carbocycles. The van der Waals surface area contributed by atoms with Crippen molar-refractivity contribution in [1.29, 1.82) is 5.26 Å². The minimum absolute atomic E-state index is 0.0324. The molecular formula is C24H22Cl2FN9. The number of hydrazine groups is 2. The number of pyridine rings is 1. The van der Waals surface area contributed by atoms with E-state index in [2.05, 4.69) is 45.0 Å². The summed E-state index contributed by atoms with van der Waals surface area (Å²) in [6.07, 6.45) is 5.10. The van der Waals surface area contributed by atoms with Crippen molar-refractivity contribution < 1.29 is 4.39 Å².